The molecule has 2 aliphatic heterocycles. The van der Waals surface area contributed by atoms with Crippen molar-refractivity contribution in [3.8, 4) is 11.5 Å². The molecule has 2 aromatic rings. The van der Waals surface area contributed by atoms with Crippen molar-refractivity contribution >= 4 is 5.82 Å². The van der Waals surface area contributed by atoms with Crippen LogP contribution in [0.1, 0.15) is 43.7 Å². The number of aromatic nitrogens is 1. The van der Waals surface area contributed by atoms with E-state index in [1.165, 1.54) is 12.1 Å². The first-order valence-corrected chi connectivity index (χ1v) is 10.9. The number of nitrogens with zero attached hydrogens (tertiary/aromatic N) is 2. The van der Waals surface area contributed by atoms with E-state index in [2.05, 4.69) is 11.6 Å². The second-order valence-corrected chi connectivity index (χ2v) is 8.81. The van der Waals surface area contributed by atoms with Gasteiger partial charge in [-0.3, -0.25) is 0 Å². The Hall–Kier alpha value is -2.91. The molecule has 0 N–H and O–H groups in total. The lowest BCUT2D eigenvalue weighted by molar-refractivity contribution is -0.138. The molecule has 4 rings (SSSR count). The molecule has 2 aliphatic rings. The van der Waals surface area contributed by atoms with Crippen molar-refractivity contribution < 1.29 is 35.8 Å². The fourth-order valence-corrected chi connectivity index (χ4v) is 4.58. The van der Waals surface area contributed by atoms with Crippen molar-refractivity contribution in [3.63, 3.8) is 0 Å². The summed E-state index contributed by atoms with van der Waals surface area (Å²) in [6.45, 7) is 5.47. The molecule has 3 heterocycles. The Bertz CT molecular complexity index is 1020. The van der Waals surface area contributed by atoms with Gasteiger partial charge in [0.25, 0.3) is 0 Å². The highest BCUT2D eigenvalue weighted by molar-refractivity contribution is 5.46. The first kappa shape index (κ1) is 24.2. The van der Waals surface area contributed by atoms with Crippen molar-refractivity contribution in [2.75, 3.05) is 11.5 Å². The molecule has 0 saturated carbocycles. The van der Waals surface area contributed by atoms with Crippen LogP contribution in [0.2, 0.25) is 0 Å². The summed E-state index contributed by atoms with van der Waals surface area (Å²) in [5.74, 6) is 0.704. The van der Waals surface area contributed by atoms with Gasteiger partial charge < -0.3 is 14.4 Å². The van der Waals surface area contributed by atoms with Crippen LogP contribution in [0.4, 0.5) is 32.2 Å². The van der Waals surface area contributed by atoms with Crippen LogP contribution in [0.5, 0.6) is 11.5 Å². The van der Waals surface area contributed by atoms with Crippen molar-refractivity contribution in [1.29, 1.82) is 0 Å². The molecule has 1 aromatic heterocycles. The lowest BCUT2D eigenvalue weighted by Gasteiger charge is -2.39. The quantitative estimate of drug-likeness (QED) is 0.338. The van der Waals surface area contributed by atoms with Crippen molar-refractivity contribution in [2.45, 2.75) is 63.1 Å². The summed E-state index contributed by atoms with van der Waals surface area (Å²) in [7, 11) is 0. The number of hydrogen-bond acceptors (Lipinski definition) is 4. The van der Waals surface area contributed by atoms with Gasteiger partial charge >= 0.3 is 12.4 Å². The van der Waals surface area contributed by atoms with Crippen LogP contribution in [0, 0.1) is 0 Å². The van der Waals surface area contributed by atoms with E-state index in [0.29, 0.717) is 24.2 Å². The third kappa shape index (κ3) is 5.26. The lowest BCUT2D eigenvalue weighted by atomic mass is 9.99. The lowest BCUT2D eigenvalue weighted by Crippen LogP contribution is -2.46. The van der Waals surface area contributed by atoms with Crippen LogP contribution in [0.25, 0.3) is 0 Å². The van der Waals surface area contributed by atoms with E-state index in [1.807, 2.05) is 4.90 Å². The summed E-state index contributed by atoms with van der Waals surface area (Å²) in [4.78, 5) is 6.07. The number of hydrogen-bond donors (Lipinski definition) is 0. The monoisotopic (exact) mass is 486 g/mol. The zero-order valence-electron chi connectivity index (χ0n) is 18.4. The molecule has 2 saturated heterocycles. The molecule has 184 valence electrons. The summed E-state index contributed by atoms with van der Waals surface area (Å²) in [5, 5.41) is 0. The van der Waals surface area contributed by atoms with E-state index in [-0.39, 0.29) is 36.3 Å². The number of piperidine rings is 1. The SMILES string of the molecule is C=C(C)COc1cc(C(F)(F)F)ccc1O[C@H]1C[C@H]2CC[C@@H](C1)N2c1ccc(C(F)(F)F)cn1. The smallest absolute Gasteiger partial charge is 0.417 e. The van der Waals surface area contributed by atoms with Crippen LogP contribution < -0.4 is 14.4 Å². The number of alkyl halides is 6. The Labute approximate surface area is 193 Å². The maximum absolute atomic E-state index is 13.2. The Morgan fingerprint density at radius 1 is 0.971 bits per heavy atom. The minimum Gasteiger partial charge on any atom is -0.486 e. The van der Waals surface area contributed by atoms with Gasteiger partial charge in [-0.25, -0.2) is 4.98 Å². The third-order valence-electron chi connectivity index (χ3n) is 6.07. The maximum Gasteiger partial charge on any atom is 0.417 e. The van der Waals surface area contributed by atoms with E-state index < -0.39 is 23.5 Å². The van der Waals surface area contributed by atoms with E-state index in [0.717, 1.165) is 37.2 Å². The van der Waals surface area contributed by atoms with Crippen LogP contribution >= 0.6 is 0 Å². The largest absolute Gasteiger partial charge is 0.486 e. The first-order chi connectivity index (χ1) is 15.9. The summed E-state index contributed by atoms with van der Waals surface area (Å²) in [6, 6.07) is 5.59. The fourth-order valence-electron chi connectivity index (χ4n) is 4.58. The predicted octanol–water partition coefficient (Wildman–Crippen LogP) is 6.65. The average Bonchev–Trinajstić information content (AvgIpc) is 3.02. The van der Waals surface area contributed by atoms with Gasteiger partial charge in [0.2, 0.25) is 0 Å². The van der Waals surface area contributed by atoms with E-state index in [9.17, 15) is 26.3 Å². The first-order valence-electron chi connectivity index (χ1n) is 10.9. The fraction of sp³-hybridized carbons (Fsp3) is 0.458. The van der Waals surface area contributed by atoms with Crippen molar-refractivity contribution in [3.05, 3.63) is 59.8 Å². The molecule has 10 heteroatoms. The Balaban J connectivity index is 1.49. The minimum atomic E-state index is -4.51. The molecule has 0 amide bonds. The molecule has 0 radical (unpaired) electrons. The third-order valence-corrected chi connectivity index (χ3v) is 6.07. The second-order valence-electron chi connectivity index (χ2n) is 8.81. The predicted molar refractivity (Wildman–Crippen MR) is 114 cm³/mol. The number of rotatable bonds is 6. The standard InChI is InChI=1S/C24H24F6N2O2/c1-14(2)13-33-21-9-15(23(25,26)27)3-7-20(21)34-19-10-17-5-6-18(11-19)32(17)22-8-4-16(12-31-22)24(28,29)30/h3-4,7-9,12,17-19H,1,5-6,10-11,13H2,2H3/t17-,18+,19+. The van der Waals surface area contributed by atoms with Crippen molar-refractivity contribution in [1.82, 2.24) is 4.98 Å². The zero-order valence-corrected chi connectivity index (χ0v) is 18.4. The number of ether oxygens (including phenoxy) is 2. The normalized spacial score (nSPS) is 22.6. The van der Waals surface area contributed by atoms with Gasteiger partial charge in [0, 0.05) is 31.1 Å². The second kappa shape index (κ2) is 9.03. The highest BCUT2D eigenvalue weighted by Crippen LogP contribution is 2.42. The van der Waals surface area contributed by atoms with E-state index in [4.69, 9.17) is 9.47 Å². The van der Waals surface area contributed by atoms with Crippen LogP contribution in [-0.2, 0) is 12.4 Å². The van der Waals surface area contributed by atoms with Gasteiger partial charge in [0.15, 0.2) is 11.5 Å². The minimum absolute atomic E-state index is 0.00277. The molecule has 2 bridgehead atoms. The van der Waals surface area contributed by atoms with Crippen LogP contribution in [-0.4, -0.2) is 29.8 Å². The number of benzene rings is 1. The topological polar surface area (TPSA) is 34.6 Å². The highest BCUT2D eigenvalue weighted by Gasteiger charge is 2.43. The molecule has 4 nitrogen and oxygen atoms in total. The Morgan fingerprint density at radius 2 is 1.59 bits per heavy atom. The highest BCUT2D eigenvalue weighted by atomic mass is 19.4. The number of anilines is 1. The molecule has 3 atom stereocenters. The molecule has 2 fully saturated rings. The van der Waals surface area contributed by atoms with Gasteiger partial charge in [-0.15, -0.1) is 0 Å². The van der Waals surface area contributed by atoms with Gasteiger partial charge in [-0.1, -0.05) is 6.58 Å². The zero-order chi connectivity index (χ0) is 24.7. The molecule has 34 heavy (non-hydrogen) atoms. The van der Waals surface area contributed by atoms with Crippen molar-refractivity contribution in [2.24, 2.45) is 0 Å². The molecular weight excluding hydrogens is 462 g/mol. The van der Waals surface area contributed by atoms with Gasteiger partial charge in [0.05, 0.1) is 11.1 Å². The van der Waals surface area contributed by atoms with Gasteiger partial charge in [-0.2, -0.15) is 26.3 Å². The maximum atomic E-state index is 13.2. The van der Waals surface area contributed by atoms with Gasteiger partial charge in [0.1, 0.15) is 18.5 Å². The van der Waals surface area contributed by atoms with E-state index in [1.54, 1.807) is 6.92 Å². The molecule has 0 aliphatic carbocycles. The van der Waals surface area contributed by atoms with E-state index >= 15 is 0 Å². The summed E-state index contributed by atoms with van der Waals surface area (Å²) < 4.78 is 89.7. The Kier molecular flexibility index (Phi) is 6.44. The van der Waals surface area contributed by atoms with Gasteiger partial charge in [-0.05, 0) is 55.7 Å². The van der Waals surface area contributed by atoms with Crippen LogP contribution in [0.15, 0.2) is 48.7 Å². The molecule has 0 spiro atoms. The summed E-state index contributed by atoms with van der Waals surface area (Å²) in [6.07, 6.45) is -5.59. The summed E-state index contributed by atoms with van der Waals surface area (Å²) in [5.41, 5.74) is -0.981. The average molecular weight is 486 g/mol. The Morgan fingerprint density at radius 3 is 2.12 bits per heavy atom. The number of halogens is 6. The number of pyridine rings is 1. The molecule has 0 unspecified atom stereocenters. The van der Waals surface area contributed by atoms with Crippen LogP contribution in [0.3, 0.4) is 0 Å². The summed E-state index contributed by atoms with van der Waals surface area (Å²) >= 11 is 0. The molecule has 1 aromatic carbocycles. The number of fused-ring (bicyclic) bond motifs is 2. The molecular formula is C24H24F6N2O2.